The largest absolute Gasteiger partial charge is 0.462 e. The van der Waals surface area contributed by atoms with Crippen LogP contribution in [0.25, 0.3) is 10.9 Å². The van der Waals surface area contributed by atoms with E-state index in [9.17, 15) is 22.8 Å². The topological polar surface area (TPSA) is 99.0 Å². The van der Waals surface area contributed by atoms with E-state index < -0.39 is 24.6 Å². The van der Waals surface area contributed by atoms with Crippen LogP contribution in [0, 0.1) is 17.8 Å². The molecular weight excluding hydrogens is 603 g/mol. The molecule has 10 nitrogen and oxygen atoms in total. The van der Waals surface area contributed by atoms with Crippen LogP contribution in [0.3, 0.4) is 0 Å². The monoisotopic (exact) mass is 643 g/mol. The van der Waals surface area contributed by atoms with Crippen LogP contribution in [-0.2, 0) is 27.3 Å². The number of likely N-dealkylation sites (tertiary alicyclic amines) is 1. The van der Waals surface area contributed by atoms with Gasteiger partial charge in [-0.25, -0.2) is 4.79 Å². The van der Waals surface area contributed by atoms with Crippen molar-refractivity contribution in [2.75, 3.05) is 65.0 Å². The number of piperidine rings is 1. The normalized spacial score (nSPS) is 20.7. The average Bonchev–Trinajstić information content (AvgIpc) is 3.59. The number of anilines is 1. The first-order valence-corrected chi connectivity index (χ1v) is 15.6. The molecule has 2 aliphatic heterocycles. The van der Waals surface area contributed by atoms with Gasteiger partial charge in [0.25, 0.3) is 5.91 Å². The number of hydrogen-bond donors (Lipinski definition) is 2. The van der Waals surface area contributed by atoms with E-state index in [-0.39, 0.29) is 41.9 Å². The van der Waals surface area contributed by atoms with Crippen molar-refractivity contribution in [3.63, 3.8) is 0 Å². The predicted molar refractivity (Wildman–Crippen MR) is 167 cm³/mol. The second-order valence-electron chi connectivity index (χ2n) is 11.6. The van der Waals surface area contributed by atoms with Gasteiger partial charge in [-0.05, 0) is 63.4 Å². The molecule has 2 aromatic heterocycles. The van der Waals surface area contributed by atoms with Gasteiger partial charge in [-0.15, -0.1) is 0 Å². The van der Waals surface area contributed by atoms with Crippen molar-refractivity contribution in [3.8, 4) is 11.8 Å². The van der Waals surface area contributed by atoms with Gasteiger partial charge < -0.3 is 38.9 Å². The van der Waals surface area contributed by atoms with Crippen LogP contribution >= 0.6 is 0 Å². The minimum absolute atomic E-state index is 0.0992. The van der Waals surface area contributed by atoms with Gasteiger partial charge in [0.15, 0.2) is 0 Å². The SMILES string of the molecule is CCOC(=O)c1cn2cc1C(=O)NCC#Cc1cc3c(cccc3n1CC(F)(F)F)NC1CCN(C)CC1CCOCCOCC2. The number of carbonyl (C=O) groups is 2. The molecule has 1 amide bonds. The third-order valence-electron chi connectivity index (χ3n) is 8.23. The van der Waals surface area contributed by atoms with Crippen LogP contribution in [0.1, 0.15) is 46.2 Å². The maximum Gasteiger partial charge on any atom is 0.406 e. The molecule has 1 aromatic carbocycles. The van der Waals surface area contributed by atoms with Crippen LogP contribution in [0.2, 0.25) is 0 Å². The van der Waals surface area contributed by atoms with Crippen molar-refractivity contribution in [1.82, 2.24) is 19.4 Å². The molecule has 4 heterocycles. The molecule has 0 radical (unpaired) electrons. The second-order valence-corrected chi connectivity index (χ2v) is 11.6. The van der Waals surface area contributed by atoms with Gasteiger partial charge in [-0.2, -0.15) is 13.2 Å². The smallest absolute Gasteiger partial charge is 0.406 e. The fourth-order valence-corrected chi connectivity index (χ4v) is 6.03. The van der Waals surface area contributed by atoms with E-state index in [2.05, 4.69) is 34.4 Å². The van der Waals surface area contributed by atoms with Gasteiger partial charge in [0.2, 0.25) is 0 Å². The Balaban J connectivity index is 1.47. The highest BCUT2D eigenvalue weighted by Gasteiger charge is 2.31. The van der Waals surface area contributed by atoms with Crippen LogP contribution in [0.15, 0.2) is 36.7 Å². The highest BCUT2D eigenvalue weighted by atomic mass is 19.4. The van der Waals surface area contributed by atoms with E-state index in [4.69, 9.17) is 14.2 Å². The predicted octanol–water partition coefficient (Wildman–Crippen LogP) is 4.13. The molecule has 2 N–H and O–H groups in total. The van der Waals surface area contributed by atoms with Gasteiger partial charge in [-0.3, -0.25) is 4.79 Å². The highest BCUT2D eigenvalue weighted by molar-refractivity contribution is 6.05. The van der Waals surface area contributed by atoms with Crippen LogP contribution in [-0.4, -0.2) is 97.8 Å². The summed E-state index contributed by atoms with van der Waals surface area (Å²) in [5, 5.41) is 6.94. The third-order valence-corrected chi connectivity index (χ3v) is 8.23. The Bertz CT molecular complexity index is 1590. The third kappa shape index (κ3) is 8.43. The number of rotatable bonds is 3. The van der Waals surface area contributed by atoms with Gasteiger partial charge in [0, 0.05) is 49.2 Å². The lowest BCUT2D eigenvalue weighted by molar-refractivity contribution is -0.140. The highest BCUT2D eigenvalue weighted by Crippen LogP contribution is 2.32. The molecule has 13 heteroatoms. The Morgan fingerprint density at radius 2 is 1.91 bits per heavy atom. The molecule has 1 fully saturated rings. The molecular formula is C33H40F3N5O5. The Morgan fingerprint density at radius 3 is 2.70 bits per heavy atom. The zero-order valence-electron chi connectivity index (χ0n) is 26.1. The van der Waals surface area contributed by atoms with E-state index in [1.54, 1.807) is 29.7 Å². The number of halogens is 3. The van der Waals surface area contributed by atoms with Crippen molar-refractivity contribution in [1.29, 1.82) is 0 Å². The Morgan fingerprint density at radius 1 is 1.11 bits per heavy atom. The number of fused-ring (bicyclic) bond motifs is 4. The molecule has 248 valence electrons. The van der Waals surface area contributed by atoms with E-state index in [0.29, 0.717) is 43.9 Å². The van der Waals surface area contributed by atoms with E-state index in [0.717, 1.165) is 36.2 Å². The van der Waals surface area contributed by atoms with Gasteiger partial charge >= 0.3 is 12.1 Å². The lowest BCUT2D eigenvalue weighted by Gasteiger charge is -2.38. The molecule has 2 unspecified atom stereocenters. The molecule has 0 aliphatic carbocycles. The van der Waals surface area contributed by atoms with Crippen molar-refractivity contribution in [3.05, 3.63) is 53.5 Å². The first-order chi connectivity index (χ1) is 22.1. The summed E-state index contributed by atoms with van der Waals surface area (Å²) in [5.74, 6) is 4.71. The molecule has 4 bridgehead atoms. The van der Waals surface area contributed by atoms with Crippen molar-refractivity contribution >= 4 is 28.5 Å². The lowest BCUT2D eigenvalue weighted by atomic mass is 9.89. The number of amides is 1. The van der Waals surface area contributed by atoms with Gasteiger partial charge in [0.1, 0.15) is 6.54 Å². The number of alkyl halides is 3. The summed E-state index contributed by atoms with van der Waals surface area (Å²) < 4.78 is 60.8. The zero-order valence-corrected chi connectivity index (χ0v) is 26.1. The van der Waals surface area contributed by atoms with Gasteiger partial charge in [0.05, 0.1) is 55.3 Å². The number of ether oxygens (including phenoxy) is 3. The molecule has 46 heavy (non-hydrogen) atoms. The van der Waals surface area contributed by atoms with Crippen LogP contribution in [0.4, 0.5) is 18.9 Å². The maximum atomic E-state index is 13.7. The van der Waals surface area contributed by atoms with Crippen LogP contribution in [0.5, 0.6) is 0 Å². The van der Waals surface area contributed by atoms with Crippen molar-refractivity contribution in [2.45, 2.75) is 45.1 Å². The molecule has 0 spiro atoms. The summed E-state index contributed by atoms with van der Waals surface area (Å²) in [5.41, 5.74) is 1.55. The average molecular weight is 644 g/mol. The van der Waals surface area contributed by atoms with Crippen molar-refractivity contribution < 1.29 is 37.0 Å². The summed E-state index contributed by atoms with van der Waals surface area (Å²) in [6.45, 7) is 4.34. The first kappa shape index (κ1) is 33.4. The number of carbonyl (C=O) groups excluding carboxylic acids is 2. The number of nitrogens with one attached hydrogen (secondary N) is 2. The Labute approximate surface area is 266 Å². The summed E-state index contributed by atoms with van der Waals surface area (Å²) in [7, 11) is 2.09. The summed E-state index contributed by atoms with van der Waals surface area (Å²) in [4.78, 5) is 28.0. The Hall–Kier alpha value is -3.99. The molecule has 2 atom stereocenters. The number of esters is 1. The van der Waals surface area contributed by atoms with Crippen molar-refractivity contribution in [2.24, 2.45) is 5.92 Å². The summed E-state index contributed by atoms with van der Waals surface area (Å²) >= 11 is 0. The molecule has 3 aromatic rings. The lowest BCUT2D eigenvalue weighted by Crippen LogP contribution is -2.45. The standard InChI is InChI=1S/C33H40F3N5O5/c1-3-46-32(43)27-21-40-13-15-45-17-16-44-14-10-23-19-39(2)12-9-28(23)38-29-7-4-8-30-25(29)18-24(41(30)22-33(34,35)36)6-5-11-37-31(42)26(27)20-40/h4,7-8,18,20-21,23,28,38H,3,9-17,19,22H2,1-2H3,(H,37,42). The summed E-state index contributed by atoms with van der Waals surface area (Å²) in [6, 6.07) is 7.08. The van der Waals surface area contributed by atoms with Gasteiger partial charge in [-0.1, -0.05) is 12.0 Å². The molecule has 1 saturated heterocycles. The maximum absolute atomic E-state index is 13.7. The van der Waals surface area contributed by atoms with Crippen LogP contribution < -0.4 is 10.6 Å². The molecule has 0 saturated carbocycles. The quantitative estimate of drug-likeness (QED) is 0.327. The Kier molecular flexibility index (Phi) is 10.9. The minimum Gasteiger partial charge on any atom is -0.462 e. The first-order valence-electron chi connectivity index (χ1n) is 15.6. The molecule has 5 rings (SSSR count). The number of hydrogen-bond acceptors (Lipinski definition) is 7. The van der Waals surface area contributed by atoms with E-state index in [1.165, 1.54) is 12.4 Å². The van der Waals surface area contributed by atoms with E-state index >= 15 is 0 Å². The number of aromatic nitrogens is 2. The fourth-order valence-electron chi connectivity index (χ4n) is 6.03. The summed E-state index contributed by atoms with van der Waals surface area (Å²) in [6.07, 6.45) is 0.305. The number of benzene rings is 1. The fraction of sp³-hybridized carbons (Fsp3) is 0.515. The second kappa shape index (κ2) is 15.1. The molecule has 2 aliphatic rings. The minimum atomic E-state index is -4.47. The van der Waals surface area contributed by atoms with E-state index in [1.807, 2.05) is 6.07 Å². The zero-order chi connectivity index (χ0) is 32.7. The number of nitrogens with zero attached hydrogens (tertiary/aromatic N) is 3.